The fourth-order valence-corrected chi connectivity index (χ4v) is 2.83. The molecule has 2 atom stereocenters. The second-order valence-corrected chi connectivity index (χ2v) is 5.92. The molecule has 0 saturated heterocycles. The highest BCUT2D eigenvalue weighted by molar-refractivity contribution is 5.47. The Hall–Kier alpha value is -2.14. The second-order valence-electron chi connectivity index (χ2n) is 5.92. The molecular weight excluding hydrogens is 276 g/mol. The predicted molar refractivity (Wildman–Crippen MR) is 88.0 cm³/mol. The molecule has 0 radical (unpaired) electrons. The van der Waals surface area contributed by atoms with Crippen LogP contribution >= 0.6 is 0 Å². The number of benzene rings is 1. The first kappa shape index (κ1) is 14.8. The molecule has 0 bridgehead atoms. The van der Waals surface area contributed by atoms with Crippen molar-refractivity contribution in [2.24, 2.45) is 0 Å². The molecule has 22 heavy (non-hydrogen) atoms. The van der Waals surface area contributed by atoms with Crippen LogP contribution < -0.4 is 10.2 Å². The molecule has 0 unspecified atom stereocenters. The van der Waals surface area contributed by atoms with Crippen molar-refractivity contribution in [1.29, 1.82) is 0 Å². The summed E-state index contributed by atoms with van der Waals surface area (Å²) in [6.07, 6.45) is 2.79. The summed E-state index contributed by atoms with van der Waals surface area (Å²) in [4.78, 5) is 11.1. The van der Waals surface area contributed by atoms with Crippen LogP contribution in [0.5, 0.6) is 0 Å². The van der Waals surface area contributed by atoms with E-state index in [4.69, 9.17) is 5.11 Å². The van der Waals surface area contributed by atoms with Gasteiger partial charge in [-0.15, -0.1) is 0 Å². The highest BCUT2D eigenvalue weighted by Crippen LogP contribution is 2.27. The van der Waals surface area contributed by atoms with Gasteiger partial charge in [-0.05, 0) is 37.5 Å². The Labute approximate surface area is 131 Å². The standard InChI is InChI=1S/C17H22N4O/c1-12(11-22)19-17-18-8-7-16(20-17)21-10-15-6-4-3-5-14(15)9-13(21)2/h3-8,12-13,22H,9-11H2,1-2H3,(H,18,19,20)/t12-,13-/m1/s1. The maximum atomic E-state index is 9.14. The van der Waals surface area contributed by atoms with E-state index in [2.05, 4.69) is 51.4 Å². The number of rotatable bonds is 4. The zero-order chi connectivity index (χ0) is 15.5. The first-order valence-corrected chi connectivity index (χ1v) is 7.71. The van der Waals surface area contributed by atoms with Crippen molar-refractivity contribution in [3.05, 3.63) is 47.7 Å². The highest BCUT2D eigenvalue weighted by atomic mass is 16.3. The van der Waals surface area contributed by atoms with Gasteiger partial charge in [0.2, 0.25) is 5.95 Å². The number of nitrogens with zero attached hydrogens (tertiary/aromatic N) is 3. The minimum absolute atomic E-state index is 0.0566. The number of fused-ring (bicyclic) bond motifs is 1. The summed E-state index contributed by atoms with van der Waals surface area (Å²) in [7, 11) is 0. The molecule has 0 amide bonds. The van der Waals surface area contributed by atoms with Gasteiger partial charge < -0.3 is 15.3 Å². The van der Waals surface area contributed by atoms with E-state index < -0.39 is 0 Å². The van der Waals surface area contributed by atoms with Crippen molar-refractivity contribution in [3.8, 4) is 0 Å². The van der Waals surface area contributed by atoms with E-state index in [9.17, 15) is 0 Å². The van der Waals surface area contributed by atoms with Gasteiger partial charge in [0.25, 0.3) is 0 Å². The van der Waals surface area contributed by atoms with Gasteiger partial charge in [0.05, 0.1) is 6.61 Å². The minimum atomic E-state index is -0.0604. The number of anilines is 2. The van der Waals surface area contributed by atoms with E-state index in [1.54, 1.807) is 6.20 Å². The Morgan fingerprint density at radius 3 is 2.86 bits per heavy atom. The third-order valence-electron chi connectivity index (χ3n) is 4.09. The molecule has 2 aromatic rings. The summed E-state index contributed by atoms with van der Waals surface area (Å²) in [5, 5.41) is 12.2. The molecule has 5 nitrogen and oxygen atoms in total. The molecular formula is C17H22N4O. The average Bonchev–Trinajstić information content (AvgIpc) is 2.54. The molecule has 1 aromatic heterocycles. The van der Waals surface area contributed by atoms with E-state index in [-0.39, 0.29) is 12.6 Å². The summed E-state index contributed by atoms with van der Waals surface area (Å²) in [5.41, 5.74) is 2.78. The Balaban J connectivity index is 1.83. The largest absolute Gasteiger partial charge is 0.394 e. The van der Waals surface area contributed by atoms with Gasteiger partial charge in [0.15, 0.2) is 0 Å². The molecule has 1 aliphatic rings. The fourth-order valence-electron chi connectivity index (χ4n) is 2.83. The third-order valence-corrected chi connectivity index (χ3v) is 4.09. The van der Waals surface area contributed by atoms with Crippen LogP contribution in [0.1, 0.15) is 25.0 Å². The van der Waals surface area contributed by atoms with Crippen molar-refractivity contribution in [2.75, 3.05) is 16.8 Å². The molecule has 3 rings (SSSR count). The van der Waals surface area contributed by atoms with Crippen LogP contribution in [0.4, 0.5) is 11.8 Å². The molecule has 2 N–H and O–H groups in total. The molecule has 0 saturated carbocycles. The molecule has 0 fully saturated rings. The molecule has 2 heterocycles. The summed E-state index contributed by atoms with van der Waals surface area (Å²) >= 11 is 0. The minimum Gasteiger partial charge on any atom is -0.394 e. The summed E-state index contributed by atoms with van der Waals surface area (Å²) in [6.45, 7) is 5.04. The normalized spacial score (nSPS) is 18.7. The topological polar surface area (TPSA) is 61.3 Å². The number of aromatic nitrogens is 2. The van der Waals surface area contributed by atoms with E-state index in [1.807, 2.05) is 13.0 Å². The fraction of sp³-hybridized carbons (Fsp3) is 0.412. The van der Waals surface area contributed by atoms with Crippen molar-refractivity contribution < 1.29 is 5.11 Å². The summed E-state index contributed by atoms with van der Waals surface area (Å²) in [6, 6.07) is 10.9. The number of aliphatic hydroxyl groups excluding tert-OH is 1. The van der Waals surface area contributed by atoms with Crippen molar-refractivity contribution in [3.63, 3.8) is 0 Å². The zero-order valence-electron chi connectivity index (χ0n) is 13.0. The molecule has 0 aliphatic carbocycles. The van der Waals surface area contributed by atoms with Crippen LogP contribution in [0, 0.1) is 0 Å². The van der Waals surface area contributed by atoms with E-state index in [1.165, 1.54) is 11.1 Å². The predicted octanol–water partition coefficient (Wildman–Crippen LogP) is 2.22. The average molecular weight is 298 g/mol. The lowest BCUT2D eigenvalue weighted by Gasteiger charge is -2.35. The lowest BCUT2D eigenvalue weighted by molar-refractivity contribution is 0.281. The van der Waals surface area contributed by atoms with Gasteiger partial charge in [0, 0.05) is 24.8 Å². The van der Waals surface area contributed by atoms with Crippen LogP contribution in [0.2, 0.25) is 0 Å². The molecule has 116 valence electrons. The van der Waals surface area contributed by atoms with Crippen LogP contribution in [0.15, 0.2) is 36.5 Å². The Morgan fingerprint density at radius 2 is 2.09 bits per heavy atom. The van der Waals surface area contributed by atoms with E-state index >= 15 is 0 Å². The lowest BCUT2D eigenvalue weighted by Crippen LogP contribution is -2.39. The SMILES string of the molecule is C[C@H](CO)Nc1nccc(N2Cc3ccccc3C[C@H]2C)n1. The summed E-state index contributed by atoms with van der Waals surface area (Å²) in [5.74, 6) is 1.48. The van der Waals surface area contributed by atoms with Crippen LogP contribution in [0.3, 0.4) is 0 Å². The van der Waals surface area contributed by atoms with E-state index in [0.717, 1.165) is 18.8 Å². The second kappa shape index (κ2) is 6.32. The molecule has 1 aromatic carbocycles. The van der Waals surface area contributed by atoms with Gasteiger partial charge in [0.1, 0.15) is 5.82 Å². The first-order chi connectivity index (χ1) is 10.7. The quantitative estimate of drug-likeness (QED) is 0.906. The number of hydrogen-bond donors (Lipinski definition) is 2. The lowest BCUT2D eigenvalue weighted by atomic mass is 9.95. The molecule has 1 aliphatic heterocycles. The van der Waals surface area contributed by atoms with Crippen molar-refractivity contribution in [1.82, 2.24) is 9.97 Å². The highest BCUT2D eigenvalue weighted by Gasteiger charge is 2.23. The maximum absolute atomic E-state index is 9.14. The number of hydrogen-bond acceptors (Lipinski definition) is 5. The maximum Gasteiger partial charge on any atom is 0.224 e. The van der Waals surface area contributed by atoms with Crippen LogP contribution in [-0.4, -0.2) is 33.8 Å². The number of aliphatic hydroxyl groups is 1. The Morgan fingerprint density at radius 1 is 1.32 bits per heavy atom. The molecule has 0 spiro atoms. The van der Waals surface area contributed by atoms with Crippen molar-refractivity contribution in [2.45, 2.75) is 38.9 Å². The molecule has 5 heteroatoms. The van der Waals surface area contributed by atoms with E-state index in [0.29, 0.717) is 12.0 Å². The smallest absolute Gasteiger partial charge is 0.224 e. The first-order valence-electron chi connectivity index (χ1n) is 7.71. The third kappa shape index (κ3) is 3.04. The van der Waals surface area contributed by atoms with Crippen LogP contribution in [-0.2, 0) is 13.0 Å². The monoisotopic (exact) mass is 298 g/mol. The van der Waals surface area contributed by atoms with Gasteiger partial charge in [-0.25, -0.2) is 4.98 Å². The van der Waals surface area contributed by atoms with Gasteiger partial charge >= 0.3 is 0 Å². The Bertz CT molecular complexity index is 646. The Kier molecular flexibility index (Phi) is 4.24. The van der Waals surface area contributed by atoms with Crippen LogP contribution in [0.25, 0.3) is 0 Å². The van der Waals surface area contributed by atoms with Crippen molar-refractivity contribution >= 4 is 11.8 Å². The summed E-state index contributed by atoms with van der Waals surface area (Å²) < 4.78 is 0. The number of nitrogens with one attached hydrogen (secondary N) is 1. The van der Waals surface area contributed by atoms with Gasteiger partial charge in [-0.2, -0.15) is 4.98 Å². The van der Waals surface area contributed by atoms with Gasteiger partial charge in [-0.1, -0.05) is 24.3 Å². The zero-order valence-corrected chi connectivity index (χ0v) is 13.0. The van der Waals surface area contributed by atoms with Gasteiger partial charge in [-0.3, -0.25) is 0 Å².